The second-order valence-electron chi connectivity index (χ2n) is 5.65. The molecule has 0 radical (unpaired) electrons. The molecule has 0 saturated heterocycles. The minimum atomic E-state index is -3.94. The Balaban J connectivity index is 1.87. The Hall–Kier alpha value is -0.950. The molecule has 1 spiro atoms. The lowest BCUT2D eigenvalue weighted by Crippen LogP contribution is -2.39. The van der Waals surface area contributed by atoms with Crippen LogP contribution in [0, 0.1) is 0 Å². The lowest BCUT2D eigenvalue weighted by molar-refractivity contribution is -0.116. The van der Waals surface area contributed by atoms with Gasteiger partial charge in [-0.15, -0.1) is 0 Å². The van der Waals surface area contributed by atoms with Gasteiger partial charge >= 0.3 is 10.3 Å². The molecule has 3 rings (SSSR count). The third-order valence-electron chi connectivity index (χ3n) is 4.21. The highest BCUT2D eigenvalue weighted by Gasteiger charge is 2.42. The summed E-state index contributed by atoms with van der Waals surface area (Å²) < 4.78 is 33.0. The maximum atomic E-state index is 11.0. The van der Waals surface area contributed by atoms with Crippen molar-refractivity contribution in [2.24, 2.45) is 5.14 Å². The molecule has 1 fully saturated rings. The van der Waals surface area contributed by atoms with Crippen LogP contribution in [-0.4, -0.2) is 20.6 Å². The number of ether oxygens (including phenoxy) is 1. The summed E-state index contributed by atoms with van der Waals surface area (Å²) in [6.07, 6.45) is 4.89. The van der Waals surface area contributed by atoms with E-state index in [4.69, 9.17) is 14.1 Å². The SMILES string of the molecule is NS(=O)(=O)OCC1OC2(CCCC2)Cc2ccccc21. The van der Waals surface area contributed by atoms with Gasteiger partial charge in [0.15, 0.2) is 0 Å². The number of rotatable bonds is 3. The summed E-state index contributed by atoms with van der Waals surface area (Å²) in [5.41, 5.74) is 2.08. The maximum Gasteiger partial charge on any atom is 0.333 e. The molecule has 1 aromatic rings. The Bertz CT molecular complexity index is 593. The molecule has 1 aliphatic heterocycles. The van der Waals surface area contributed by atoms with Gasteiger partial charge in [0.2, 0.25) is 0 Å². The van der Waals surface area contributed by atoms with Gasteiger partial charge in [0.1, 0.15) is 6.10 Å². The van der Waals surface area contributed by atoms with E-state index >= 15 is 0 Å². The first-order chi connectivity index (χ1) is 9.48. The Morgan fingerprint density at radius 3 is 2.70 bits per heavy atom. The third-order valence-corrected chi connectivity index (χ3v) is 4.67. The van der Waals surface area contributed by atoms with Crippen LogP contribution in [0.15, 0.2) is 24.3 Å². The van der Waals surface area contributed by atoms with E-state index in [2.05, 4.69) is 6.07 Å². The highest BCUT2D eigenvalue weighted by molar-refractivity contribution is 7.84. The fraction of sp³-hybridized carbons (Fsp3) is 0.571. The molecular weight excluding hydrogens is 278 g/mol. The molecule has 1 heterocycles. The first-order valence-electron chi connectivity index (χ1n) is 6.90. The summed E-state index contributed by atoms with van der Waals surface area (Å²) in [4.78, 5) is 0. The van der Waals surface area contributed by atoms with Crippen molar-refractivity contribution in [1.82, 2.24) is 0 Å². The molecule has 0 bridgehead atoms. The van der Waals surface area contributed by atoms with Crippen LogP contribution < -0.4 is 5.14 Å². The molecular formula is C14H19NO4S. The zero-order chi connectivity index (χ0) is 14.2. The summed E-state index contributed by atoms with van der Waals surface area (Å²) in [5, 5.41) is 4.91. The first kappa shape index (κ1) is 14.0. The molecule has 1 aromatic carbocycles. The van der Waals surface area contributed by atoms with Gasteiger partial charge in [0, 0.05) is 6.42 Å². The molecule has 2 aliphatic rings. The molecule has 20 heavy (non-hydrogen) atoms. The molecule has 1 unspecified atom stereocenters. The van der Waals surface area contributed by atoms with Crippen molar-refractivity contribution in [3.8, 4) is 0 Å². The van der Waals surface area contributed by atoms with Gasteiger partial charge in [-0.1, -0.05) is 37.1 Å². The van der Waals surface area contributed by atoms with Crippen LogP contribution in [0.25, 0.3) is 0 Å². The van der Waals surface area contributed by atoms with Gasteiger partial charge in [-0.2, -0.15) is 8.42 Å². The first-order valence-corrected chi connectivity index (χ1v) is 8.37. The predicted molar refractivity (Wildman–Crippen MR) is 74.2 cm³/mol. The summed E-state index contributed by atoms with van der Waals surface area (Å²) in [6.45, 7) is -0.0579. The number of nitrogens with two attached hydrogens (primary N) is 1. The average molecular weight is 297 g/mol. The fourth-order valence-corrected chi connectivity index (χ4v) is 3.67. The maximum absolute atomic E-state index is 11.0. The monoisotopic (exact) mass is 297 g/mol. The van der Waals surface area contributed by atoms with Crippen LogP contribution in [0.2, 0.25) is 0 Å². The summed E-state index contributed by atoms with van der Waals surface area (Å²) in [7, 11) is -3.94. The topological polar surface area (TPSA) is 78.6 Å². The number of fused-ring (bicyclic) bond motifs is 1. The highest BCUT2D eigenvalue weighted by atomic mass is 32.2. The fourth-order valence-electron chi connectivity index (χ4n) is 3.36. The Labute approximate surface area is 119 Å². The van der Waals surface area contributed by atoms with Gasteiger partial charge in [-0.25, -0.2) is 5.14 Å². The van der Waals surface area contributed by atoms with Crippen molar-refractivity contribution >= 4 is 10.3 Å². The Kier molecular flexibility index (Phi) is 3.58. The van der Waals surface area contributed by atoms with Crippen LogP contribution in [0.4, 0.5) is 0 Å². The van der Waals surface area contributed by atoms with E-state index < -0.39 is 10.3 Å². The van der Waals surface area contributed by atoms with E-state index in [1.54, 1.807) is 0 Å². The van der Waals surface area contributed by atoms with Crippen molar-refractivity contribution < 1.29 is 17.3 Å². The molecule has 0 amide bonds. The van der Waals surface area contributed by atoms with Crippen LogP contribution >= 0.6 is 0 Å². The standard InChI is InChI=1S/C14H19NO4S/c15-20(16,17)18-10-13-12-6-2-1-5-11(12)9-14(19-13)7-3-4-8-14/h1-2,5-6,13H,3-4,7-10H2,(H2,15,16,17). The summed E-state index contributed by atoms with van der Waals surface area (Å²) in [5.74, 6) is 0. The van der Waals surface area contributed by atoms with Gasteiger partial charge in [-0.3, -0.25) is 4.18 Å². The van der Waals surface area contributed by atoms with Crippen molar-refractivity contribution in [2.45, 2.75) is 43.8 Å². The smallest absolute Gasteiger partial charge is 0.333 e. The van der Waals surface area contributed by atoms with Gasteiger partial charge in [0.05, 0.1) is 12.2 Å². The van der Waals surface area contributed by atoms with Gasteiger partial charge in [0.25, 0.3) is 0 Å². The largest absolute Gasteiger partial charge is 0.364 e. The second kappa shape index (κ2) is 5.11. The van der Waals surface area contributed by atoms with E-state index in [1.165, 1.54) is 5.56 Å². The minimum absolute atomic E-state index is 0.0579. The number of benzene rings is 1. The van der Waals surface area contributed by atoms with E-state index in [0.29, 0.717) is 0 Å². The molecule has 5 nitrogen and oxygen atoms in total. The lowest BCUT2D eigenvalue weighted by atomic mass is 9.85. The second-order valence-corrected chi connectivity index (χ2v) is 6.87. The van der Waals surface area contributed by atoms with E-state index in [0.717, 1.165) is 37.7 Å². The molecule has 110 valence electrons. The van der Waals surface area contributed by atoms with Crippen LogP contribution in [0.5, 0.6) is 0 Å². The average Bonchev–Trinajstić information content (AvgIpc) is 2.83. The molecule has 1 saturated carbocycles. The minimum Gasteiger partial charge on any atom is -0.364 e. The predicted octanol–water partition coefficient (Wildman–Crippen LogP) is 1.83. The van der Waals surface area contributed by atoms with Gasteiger partial charge in [-0.05, 0) is 24.0 Å². The van der Waals surface area contributed by atoms with Crippen LogP contribution in [-0.2, 0) is 25.6 Å². The van der Waals surface area contributed by atoms with Crippen molar-refractivity contribution in [1.29, 1.82) is 0 Å². The van der Waals surface area contributed by atoms with E-state index in [-0.39, 0.29) is 18.3 Å². The van der Waals surface area contributed by atoms with Crippen LogP contribution in [0.3, 0.4) is 0 Å². The number of hydrogen-bond donors (Lipinski definition) is 1. The highest BCUT2D eigenvalue weighted by Crippen LogP contribution is 2.44. The zero-order valence-electron chi connectivity index (χ0n) is 11.2. The van der Waals surface area contributed by atoms with Crippen molar-refractivity contribution in [3.63, 3.8) is 0 Å². The lowest BCUT2D eigenvalue weighted by Gasteiger charge is -2.39. The van der Waals surface area contributed by atoms with Crippen molar-refractivity contribution in [3.05, 3.63) is 35.4 Å². The summed E-state index contributed by atoms with van der Waals surface area (Å²) >= 11 is 0. The van der Waals surface area contributed by atoms with Crippen LogP contribution in [0.1, 0.15) is 42.9 Å². The molecule has 6 heteroatoms. The zero-order valence-corrected chi connectivity index (χ0v) is 12.1. The molecule has 1 atom stereocenters. The Morgan fingerprint density at radius 1 is 1.30 bits per heavy atom. The summed E-state index contributed by atoms with van der Waals surface area (Å²) in [6, 6.07) is 7.99. The molecule has 2 N–H and O–H groups in total. The Morgan fingerprint density at radius 2 is 2.00 bits per heavy atom. The number of hydrogen-bond acceptors (Lipinski definition) is 4. The van der Waals surface area contributed by atoms with Gasteiger partial charge < -0.3 is 4.74 Å². The molecule has 0 aromatic heterocycles. The quantitative estimate of drug-likeness (QED) is 0.923. The van der Waals surface area contributed by atoms with E-state index in [1.807, 2.05) is 18.2 Å². The molecule has 1 aliphatic carbocycles. The van der Waals surface area contributed by atoms with E-state index in [9.17, 15) is 8.42 Å². The third kappa shape index (κ3) is 2.88. The normalized spacial score (nSPS) is 24.8. The van der Waals surface area contributed by atoms with Crippen molar-refractivity contribution in [2.75, 3.05) is 6.61 Å².